The van der Waals surface area contributed by atoms with E-state index >= 15 is 0 Å². The minimum Gasteiger partial charge on any atom is -0.0882 e. The highest BCUT2D eigenvalue weighted by molar-refractivity contribution is 9.25. The van der Waals surface area contributed by atoms with Crippen LogP contribution in [0.2, 0.25) is 0 Å². The molecular weight excluding hydrogens is 268 g/mol. The minimum absolute atomic E-state index is 0.265. The van der Waals surface area contributed by atoms with Crippen LogP contribution in [0.15, 0.2) is 12.2 Å². The van der Waals surface area contributed by atoms with Gasteiger partial charge in [-0.1, -0.05) is 50.4 Å². The van der Waals surface area contributed by atoms with Gasteiger partial charge in [-0.3, -0.25) is 0 Å². The van der Waals surface area contributed by atoms with Crippen molar-refractivity contribution in [3.63, 3.8) is 0 Å². The molecule has 0 bridgehead atoms. The topological polar surface area (TPSA) is 0 Å². The van der Waals surface area contributed by atoms with Crippen LogP contribution in [-0.4, -0.2) is 3.23 Å². The molecule has 2 aliphatic carbocycles. The van der Waals surface area contributed by atoms with Gasteiger partial charge in [0.05, 0.1) is 3.23 Å². The zero-order valence-corrected chi connectivity index (χ0v) is 9.57. The molecule has 62 valence electrons. The fourth-order valence-electron chi connectivity index (χ4n) is 1.92. The number of halogens is 2. The molecule has 0 amide bonds. The molecule has 0 spiro atoms. The molecule has 2 aliphatic rings. The largest absolute Gasteiger partial charge is 0.0905 e. The van der Waals surface area contributed by atoms with Gasteiger partial charge < -0.3 is 0 Å². The monoisotopic (exact) mass is 278 g/mol. The zero-order valence-electron chi connectivity index (χ0n) is 6.39. The fourth-order valence-corrected chi connectivity index (χ4v) is 3.63. The number of rotatable bonds is 0. The van der Waals surface area contributed by atoms with E-state index in [4.69, 9.17) is 0 Å². The fraction of sp³-hybridized carbons (Fsp3) is 0.778. The first-order valence-corrected chi connectivity index (χ1v) is 5.86. The summed E-state index contributed by atoms with van der Waals surface area (Å²) in [5.41, 5.74) is 0. The molecule has 0 aromatic carbocycles. The van der Waals surface area contributed by atoms with E-state index in [0.717, 1.165) is 11.8 Å². The second-order valence-electron chi connectivity index (χ2n) is 3.52. The number of hydrogen-bond acceptors (Lipinski definition) is 0. The third-order valence-corrected chi connectivity index (χ3v) is 4.98. The molecule has 0 N–H and O–H groups in total. The summed E-state index contributed by atoms with van der Waals surface area (Å²) in [5, 5.41) is 0. The van der Waals surface area contributed by atoms with E-state index < -0.39 is 0 Å². The lowest BCUT2D eigenvalue weighted by Gasteiger charge is -1.99. The van der Waals surface area contributed by atoms with Crippen molar-refractivity contribution in [2.24, 2.45) is 11.8 Å². The maximum atomic E-state index is 3.71. The Morgan fingerprint density at radius 3 is 2.91 bits per heavy atom. The van der Waals surface area contributed by atoms with E-state index in [1.54, 1.807) is 0 Å². The van der Waals surface area contributed by atoms with E-state index in [9.17, 15) is 0 Å². The Morgan fingerprint density at radius 1 is 1.27 bits per heavy atom. The van der Waals surface area contributed by atoms with Gasteiger partial charge in [-0.25, -0.2) is 0 Å². The van der Waals surface area contributed by atoms with Crippen molar-refractivity contribution in [3.8, 4) is 0 Å². The lowest BCUT2D eigenvalue weighted by molar-refractivity contribution is 0.605. The van der Waals surface area contributed by atoms with Crippen LogP contribution in [0.4, 0.5) is 0 Å². The summed E-state index contributed by atoms with van der Waals surface area (Å²) in [7, 11) is 0. The Hall–Kier alpha value is 0.700. The first-order chi connectivity index (χ1) is 5.23. The lowest BCUT2D eigenvalue weighted by atomic mass is 10.1. The van der Waals surface area contributed by atoms with Crippen molar-refractivity contribution in [1.29, 1.82) is 0 Å². The van der Waals surface area contributed by atoms with Gasteiger partial charge in [0.2, 0.25) is 0 Å². The van der Waals surface area contributed by atoms with Crippen LogP contribution in [0.3, 0.4) is 0 Å². The van der Waals surface area contributed by atoms with Crippen LogP contribution in [-0.2, 0) is 0 Å². The lowest BCUT2D eigenvalue weighted by Crippen LogP contribution is -1.88. The van der Waals surface area contributed by atoms with Gasteiger partial charge in [0.25, 0.3) is 0 Å². The number of allylic oxidation sites excluding steroid dienone is 2. The van der Waals surface area contributed by atoms with Gasteiger partial charge >= 0.3 is 0 Å². The molecule has 11 heavy (non-hydrogen) atoms. The van der Waals surface area contributed by atoms with Crippen molar-refractivity contribution in [2.75, 3.05) is 0 Å². The van der Waals surface area contributed by atoms with E-state index in [2.05, 4.69) is 44.0 Å². The summed E-state index contributed by atoms with van der Waals surface area (Å²) >= 11 is 7.43. The summed E-state index contributed by atoms with van der Waals surface area (Å²) in [6.07, 6.45) is 10.1. The molecule has 0 aliphatic heterocycles. The van der Waals surface area contributed by atoms with E-state index in [-0.39, 0.29) is 3.23 Å². The molecule has 0 radical (unpaired) electrons. The first-order valence-electron chi connectivity index (χ1n) is 4.27. The van der Waals surface area contributed by atoms with Crippen LogP contribution in [0.25, 0.3) is 0 Å². The molecule has 1 saturated carbocycles. The smallest absolute Gasteiger partial charge is 0.0882 e. The molecule has 0 unspecified atom stereocenters. The summed E-state index contributed by atoms with van der Waals surface area (Å²) in [4.78, 5) is 0. The Morgan fingerprint density at radius 2 is 2.09 bits per heavy atom. The highest BCUT2D eigenvalue weighted by Crippen LogP contribution is 2.64. The van der Waals surface area contributed by atoms with Crippen molar-refractivity contribution >= 4 is 31.9 Å². The Balaban J connectivity index is 2.07. The quantitative estimate of drug-likeness (QED) is 0.467. The molecule has 2 heteroatoms. The second kappa shape index (κ2) is 2.88. The van der Waals surface area contributed by atoms with Crippen molar-refractivity contribution < 1.29 is 0 Å². The molecule has 2 rings (SSSR count). The van der Waals surface area contributed by atoms with Crippen molar-refractivity contribution in [1.82, 2.24) is 0 Å². The van der Waals surface area contributed by atoms with Gasteiger partial charge in [-0.15, -0.1) is 0 Å². The third-order valence-electron chi connectivity index (χ3n) is 2.74. The summed E-state index contributed by atoms with van der Waals surface area (Å²) < 4.78 is 0.265. The minimum atomic E-state index is 0.265. The SMILES string of the molecule is BrC1(Br)[C@@H]2C=CCCCC[C@@H]21. The van der Waals surface area contributed by atoms with Crippen LogP contribution >= 0.6 is 31.9 Å². The molecule has 0 aromatic rings. The van der Waals surface area contributed by atoms with Crippen LogP contribution in [0, 0.1) is 11.8 Å². The number of alkyl halides is 2. The van der Waals surface area contributed by atoms with Gasteiger partial charge in [0.15, 0.2) is 0 Å². The van der Waals surface area contributed by atoms with E-state index in [1.807, 2.05) is 0 Å². The third kappa shape index (κ3) is 1.44. The van der Waals surface area contributed by atoms with Crippen LogP contribution in [0.1, 0.15) is 25.7 Å². The summed E-state index contributed by atoms with van der Waals surface area (Å²) in [6.45, 7) is 0. The standard InChI is InChI=1S/C9H12Br2/c10-9(11)7-5-3-1-2-4-6-8(7)9/h3,5,7-8H,1-2,4,6H2/t7-,8+/m1/s1. The van der Waals surface area contributed by atoms with Gasteiger partial charge in [0.1, 0.15) is 0 Å². The van der Waals surface area contributed by atoms with Gasteiger partial charge in [-0.2, -0.15) is 0 Å². The maximum Gasteiger partial charge on any atom is 0.0905 e. The van der Waals surface area contributed by atoms with Gasteiger partial charge in [-0.05, 0) is 25.2 Å². The van der Waals surface area contributed by atoms with E-state index in [1.165, 1.54) is 25.7 Å². The van der Waals surface area contributed by atoms with Crippen molar-refractivity contribution in [3.05, 3.63) is 12.2 Å². The highest BCUT2D eigenvalue weighted by Gasteiger charge is 2.59. The number of fused-ring (bicyclic) bond motifs is 1. The summed E-state index contributed by atoms with van der Waals surface area (Å²) in [6, 6.07) is 0. The molecule has 0 aromatic heterocycles. The molecule has 0 nitrogen and oxygen atoms in total. The van der Waals surface area contributed by atoms with E-state index in [0.29, 0.717) is 0 Å². The molecule has 1 fully saturated rings. The first kappa shape index (κ1) is 8.31. The molecular formula is C9H12Br2. The van der Waals surface area contributed by atoms with Gasteiger partial charge in [0, 0.05) is 5.92 Å². The Bertz CT molecular complexity index is 184. The van der Waals surface area contributed by atoms with Crippen LogP contribution < -0.4 is 0 Å². The summed E-state index contributed by atoms with van der Waals surface area (Å²) in [5.74, 6) is 1.60. The average molecular weight is 280 g/mol. The predicted octanol–water partition coefficient (Wildman–Crippen LogP) is 3.85. The number of hydrogen-bond donors (Lipinski definition) is 0. The van der Waals surface area contributed by atoms with Crippen LogP contribution in [0.5, 0.6) is 0 Å². The average Bonchev–Trinajstić information content (AvgIpc) is 2.29. The zero-order chi connectivity index (χ0) is 7.90. The normalized spacial score (nSPS) is 40.5. The highest BCUT2D eigenvalue weighted by atomic mass is 79.9. The van der Waals surface area contributed by atoms with Crippen molar-refractivity contribution in [2.45, 2.75) is 28.9 Å². The molecule has 2 atom stereocenters. The maximum absolute atomic E-state index is 3.71. The second-order valence-corrected chi connectivity index (χ2v) is 7.21. The Kier molecular flexibility index (Phi) is 2.17. The predicted molar refractivity (Wildman–Crippen MR) is 55.2 cm³/mol. The molecule has 0 heterocycles. The Labute approximate surface area is 84.7 Å². The molecule has 0 saturated heterocycles.